The lowest BCUT2D eigenvalue weighted by molar-refractivity contribution is -0.304. The lowest BCUT2D eigenvalue weighted by Gasteiger charge is -1.87. The Morgan fingerprint density at radius 2 is 0.750 bits per heavy atom. The van der Waals surface area contributed by atoms with E-state index in [0.29, 0.717) is 0 Å². The van der Waals surface area contributed by atoms with Crippen LogP contribution in [0, 0.1) is 0 Å². The molecule has 0 aliphatic rings. The van der Waals surface area contributed by atoms with Crippen molar-refractivity contribution in [2.75, 3.05) is 19.6 Å². The Morgan fingerprint density at radius 3 is 0.750 bits per heavy atom. The standard InChI is InChI=1S/3C2H5NO2.Al/c3*3-1-2(4)5;/h3*1,3H2,(H,4,5);/p-3. The first-order valence-corrected chi connectivity index (χ1v) is 3.51. The molecule has 0 aromatic carbocycles. The highest BCUT2D eigenvalue weighted by Crippen LogP contribution is 1.34. The third-order valence-corrected chi connectivity index (χ3v) is 0.500. The van der Waals surface area contributed by atoms with Gasteiger partial charge in [-0.15, -0.1) is 0 Å². The van der Waals surface area contributed by atoms with E-state index < -0.39 is 17.9 Å². The Kier molecular flexibility index (Phi) is 29.3. The maximum absolute atomic E-state index is 9.13. The van der Waals surface area contributed by atoms with Crippen LogP contribution in [-0.2, 0) is 14.4 Å². The molecular weight excluding hydrogens is 237 g/mol. The van der Waals surface area contributed by atoms with Gasteiger partial charge in [-0.05, 0) is 0 Å². The van der Waals surface area contributed by atoms with E-state index in [-0.39, 0.29) is 37.0 Å². The van der Waals surface area contributed by atoms with Crippen molar-refractivity contribution in [3.63, 3.8) is 0 Å². The number of carboxylic acid groups (broad SMARTS) is 3. The predicted octanol–water partition coefficient (Wildman–Crippen LogP) is -7.30. The van der Waals surface area contributed by atoms with Gasteiger partial charge in [0.15, 0.2) is 0 Å². The average molecular weight is 249 g/mol. The number of hydrogen-bond acceptors (Lipinski definition) is 9. The van der Waals surface area contributed by atoms with E-state index in [9.17, 15) is 0 Å². The zero-order valence-electron chi connectivity index (χ0n) is 8.38. The number of rotatable bonds is 3. The first-order valence-electron chi connectivity index (χ1n) is 3.51. The van der Waals surface area contributed by atoms with Crippen molar-refractivity contribution in [2.45, 2.75) is 0 Å². The molecule has 9 nitrogen and oxygen atoms in total. The summed E-state index contributed by atoms with van der Waals surface area (Å²) in [5.74, 6) is -3.65. The first-order chi connectivity index (χ1) is 6.81. The molecule has 3 radical (unpaired) electrons. The monoisotopic (exact) mass is 249 g/mol. The lowest BCUT2D eigenvalue weighted by Crippen LogP contribution is -2.30. The van der Waals surface area contributed by atoms with E-state index >= 15 is 0 Å². The molecule has 0 spiro atoms. The number of carbonyl (C=O) groups is 3. The van der Waals surface area contributed by atoms with Gasteiger partial charge in [-0.3, -0.25) is 0 Å². The van der Waals surface area contributed by atoms with Crippen molar-refractivity contribution in [3.05, 3.63) is 0 Å². The SMILES string of the molecule is NCC(=O)[O-].NCC(=O)[O-].NCC(=O)[O-].[Al]. The molecular formula is C6H12AlN3O6-3. The zero-order chi connectivity index (χ0) is 12.9. The van der Waals surface area contributed by atoms with Crippen LogP contribution in [-0.4, -0.2) is 54.9 Å². The summed E-state index contributed by atoms with van der Waals surface area (Å²) >= 11 is 0. The first kappa shape index (κ1) is 24.2. The van der Waals surface area contributed by atoms with Crippen LogP contribution in [0.15, 0.2) is 0 Å². The van der Waals surface area contributed by atoms with Crippen molar-refractivity contribution >= 4 is 35.3 Å². The van der Waals surface area contributed by atoms with Gasteiger partial charge < -0.3 is 46.9 Å². The molecule has 16 heavy (non-hydrogen) atoms. The van der Waals surface area contributed by atoms with Gasteiger partial charge in [-0.25, -0.2) is 0 Å². The maximum Gasteiger partial charge on any atom is 0.0550 e. The topological polar surface area (TPSA) is 198 Å². The highest BCUT2D eigenvalue weighted by Gasteiger charge is 1.65. The van der Waals surface area contributed by atoms with Crippen molar-refractivity contribution in [1.29, 1.82) is 0 Å². The molecule has 0 fully saturated rings. The van der Waals surface area contributed by atoms with Crippen LogP contribution in [0.4, 0.5) is 0 Å². The van der Waals surface area contributed by atoms with E-state index in [2.05, 4.69) is 17.2 Å². The van der Waals surface area contributed by atoms with Crippen LogP contribution in [0.5, 0.6) is 0 Å². The number of nitrogens with two attached hydrogens (primary N) is 3. The molecule has 93 valence electrons. The molecule has 10 heteroatoms. The Labute approximate surface area is 102 Å². The van der Waals surface area contributed by atoms with Crippen LogP contribution in [0.2, 0.25) is 0 Å². The Balaban J connectivity index is -0.0000000655. The third kappa shape index (κ3) is 77.1. The predicted molar refractivity (Wildman–Crippen MR) is 47.9 cm³/mol. The molecule has 0 saturated carbocycles. The van der Waals surface area contributed by atoms with Gasteiger partial charge in [0.1, 0.15) is 0 Å². The molecule has 0 bridgehead atoms. The molecule has 0 saturated heterocycles. The second-order valence-corrected chi connectivity index (χ2v) is 1.73. The lowest BCUT2D eigenvalue weighted by atomic mass is 10.7. The Morgan fingerprint density at radius 1 is 0.688 bits per heavy atom. The molecule has 6 N–H and O–H groups in total. The average Bonchev–Trinajstić information content (AvgIpc) is 2.19. The number of carboxylic acids is 3. The van der Waals surface area contributed by atoms with Crippen LogP contribution in [0.3, 0.4) is 0 Å². The largest absolute Gasteiger partial charge is 0.549 e. The van der Waals surface area contributed by atoms with Gasteiger partial charge in [0.2, 0.25) is 0 Å². The summed E-state index contributed by atoms with van der Waals surface area (Å²) in [6, 6.07) is 0. The summed E-state index contributed by atoms with van der Waals surface area (Å²) in [4.78, 5) is 27.4. The van der Waals surface area contributed by atoms with Crippen molar-refractivity contribution in [2.24, 2.45) is 17.2 Å². The summed E-state index contributed by atoms with van der Waals surface area (Å²) in [6.45, 7) is -1.17. The van der Waals surface area contributed by atoms with Gasteiger partial charge in [-0.2, -0.15) is 0 Å². The Bertz CT molecular complexity index is 167. The minimum atomic E-state index is -1.22. The van der Waals surface area contributed by atoms with Crippen LogP contribution >= 0.6 is 0 Å². The van der Waals surface area contributed by atoms with Gasteiger partial charge in [0, 0.05) is 37.0 Å². The van der Waals surface area contributed by atoms with Crippen molar-refractivity contribution in [1.82, 2.24) is 0 Å². The summed E-state index contributed by atoms with van der Waals surface area (Å²) in [7, 11) is 0. The summed E-state index contributed by atoms with van der Waals surface area (Å²) in [5.41, 5.74) is 13.5. The number of aliphatic carboxylic acids is 3. The van der Waals surface area contributed by atoms with Gasteiger partial charge in [-0.1, -0.05) is 0 Å². The summed E-state index contributed by atoms with van der Waals surface area (Å²) in [5, 5.41) is 27.4. The second-order valence-electron chi connectivity index (χ2n) is 1.73. The fraction of sp³-hybridized carbons (Fsp3) is 0.500. The highest BCUT2D eigenvalue weighted by atomic mass is 27.0. The van der Waals surface area contributed by atoms with E-state index in [1.807, 2.05) is 0 Å². The highest BCUT2D eigenvalue weighted by molar-refractivity contribution is 5.75. The maximum atomic E-state index is 9.13. The molecule has 0 aliphatic heterocycles. The number of carbonyl (C=O) groups excluding carboxylic acids is 3. The van der Waals surface area contributed by atoms with Crippen molar-refractivity contribution in [3.8, 4) is 0 Å². The quantitative estimate of drug-likeness (QED) is 0.406. The van der Waals surface area contributed by atoms with E-state index in [0.717, 1.165) is 0 Å². The van der Waals surface area contributed by atoms with E-state index in [1.54, 1.807) is 0 Å². The summed E-state index contributed by atoms with van der Waals surface area (Å²) in [6.07, 6.45) is 0. The zero-order valence-corrected chi connectivity index (χ0v) is 9.53. The second kappa shape index (κ2) is 19.4. The normalized spacial score (nSPS) is 6.94. The third-order valence-electron chi connectivity index (χ3n) is 0.500. The minimum Gasteiger partial charge on any atom is -0.549 e. The van der Waals surface area contributed by atoms with Gasteiger partial charge >= 0.3 is 0 Å². The minimum absolute atomic E-state index is 0. The fourth-order valence-corrected chi connectivity index (χ4v) is 0. The summed E-state index contributed by atoms with van der Waals surface area (Å²) < 4.78 is 0. The molecule has 0 atom stereocenters. The fourth-order valence-electron chi connectivity index (χ4n) is 0. The smallest absolute Gasteiger partial charge is 0.0550 e. The van der Waals surface area contributed by atoms with Crippen LogP contribution in [0.25, 0.3) is 0 Å². The molecule has 0 amide bonds. The number of hydrogen-bond donors (Lipinski definition) is 3. The Hall–Kier alpha value is -1.18. The molecule has 0 aromatic rings. The molecule has 0 aromatic heterocycles. The molecule has 0 aliphatic carbocycles. The molecule has 0 rings (SSSR count). The molecule has 0 heterocycles. The van der Waals surface area contributed by atoms with E-state index in [1.165, 1.54) is 0 Å². The van der Waals surface area contributed by atoms with Crippen molar-refractivity contribution < 1.29 is 29.7 Å². The van der Waals surface area contributed by atoms with Crippen LogP contribution in [0.1, 0.15) is 0 Å². The van der Waals surface area contributed by atoms with Gasteiger partial charge in [0.05, 0.1) is 17.9 Å². The van der Waals surface area contributed by atoms with Crippen LogP contribution < -0.4 is 32.5 Å². The molecule has 0 unspecified atom stereocenters. The van der Waals surface area contributed by atoms with E-state index in [4.69, 9.17) is 29.7 Å². The van der Waals surface area contributed by atoms with Gasteiger partial charge in [0.25, 0.3) is 0 Å².